The summed E-state index contributed by atoms with van der Waals surface area (Å²) in [7, 11) is 1.32. The van der Waals surface area contributed by atoms with Crippen LogP contribution < -0.4 is 11.1 Å². The van der Waals surface area contributed by atoms with E-state index >= 15 is 0 Å². The Labute approximate surface area is 136 Å². The summed E-state index contributed by atoms with van der Waals surface area (Å²) in [5, 5.41) is 3.55. The van der Waals surface area contributed by atoms with E-state index < -0.39 is 8.56 Å². The van der Waals surface area contributed by atoms with Gasteiger partial charge in [0.25, 0.3) is 0 Å². The van der Waals surface area contributed by atoms with Crippen LogP contribution in [0.2, 0.25) is 12.1 Å². The van der Waals surface area contributed by atoms with Crippen LogP contribution in [0.15, 0.2) is 43.0 Å². The molecule has 0 saturated carbocycles. The van der Waals surface area contributed by atoms with Crippen molar-refractivity contribution < 1.29 is 8.85 Å². The monoisotopic (exact) mass is 322 g/mol. The highest BCUT2D eigenvalue weighted by Crippen LogP contribution is 2.29. The van der Waals surface area contributed by atoms with Gasteiger partial charge in [0.15, 0.2) is 0 Å². The van der Waals surface area contributed by atoms with Gasteiger partial charge in [0.2, 0.25) is 0 Å². The second-order valence-corrected chi connectivity index (χ2v) is 9.23. The van der Waals surface area contributed by atoms with Crippen LogP contribution in [0, 0.1) is 0 Å². The van der Waals surface area contributed by atoms with Crippen LogP contribution in [0.3, 0.4) is 0 Å². The predicted octanol–water partition coefficient (Wildman–Crippen LogP) is 2.98. The van der Waals surface area contributed by atoms with Gasteiger partial charge in [-0.3, -0.25) is 0 Å². The number of nitrogens with one attached hydrogen (secondary N) is 1. The summed E-state index contributed by atoms with van der Waals surface area (Å²) in [4.78, 5) is 0. The highest BCUT2D eigenvalue weighted by Gasteiger charge is 2.38. The van der Waals surface area contributed by atoms with E-state index in [4.69, 9.17) is 14.6 Å². The molecule has 0 spiro atoms. The van der Waals surface area contributed by atoms with E-state index in [0.717, 1.165) is 19.4 Å². The zero-order chi connectivity index (χ0) is 16.4. The van der Waals surface area contributed by atoms with Gasteiger partial charge in [0, 0.05) is 19.8 Å². The molecule has 0 aromatic heterocycles. The van der Waals surface area contributed by atoms with Gasteiger partial charge in [-0.25, -0.2) is 0 Å². The highest BCUT2D eigenvalue weighted by atomic mass is 28.4. The molecular weight excluding hydrogens is 292 g/mol. The van der Waals surface area contributed by atoms with E-state index in [2.05, 4.69) is 30.6 Å². The minimum absolute atomic E-state index is 0.165. The molecule has 3 N–H and O–H groups in total. The van der Waals surface area contributed by atoms with Crippen molar-refractivity contribution in [2.45, 2.75) is 31.0 Å². The molecule has 2 unspecified atom stereocenters. The lowest BCUT2D eigenvalue weighted by Crippen LogP contribution is -2.43. The third kappa shape index (κ3) is 5.33. The first kappa shape index (κ1) is 19.1. The third-order valence-corrected chi connectivity index (χ3v) is 8.00. The van der Waals surface area contributed by atoms with Gasteiger partial charge in [-0.05, 0) is 38.0 Å². The third-order valence-electron chi connectivity index (χ3n) is 4.32. The van der Waals surface area contributed by atoms with Crippen LogP contribution in [0.4, 0.5) is 0 Å². The quantitative estimate of drug-likeness (QED) is 0.486. The predicted molar refractivity (Wildman–Crippen MR) is 95.1 cm³/mol. The maximum absolute atomic E-state index is 5.76. The molecule has 0 heterocycles. The number of rotatable bonds is 11. The number of hydrogen-bond acceptors (Lipinski definition) is 4. The first-order valence-corrected chi connectivity index (χ1v) is 10.2. The van der Waals surface area contributed by atoms with E-state index in [1.807, 2.05) is 24.3 Å². The first-order chi connectivity index (χ1) is 10.6. The molecular formula is C17H30N2O2Si. The summed E-state index contributed by atoms with van der Waals surface area (Å²) in [5.41, 5.74) is 7.36. The molecule has 1 aromatic carbocycles. The Morgan fingerprint density at radius 1 is 1.23 bits per heavy atom. The molecule has 1 aromatic rings. The van der Waals surface area contributed by atoms with Crippen LogP contribution in [0.25, 0.3) is 0 Å². The lowest BCUT2D eigenvalue weighted by Gasteiger charge is -2.32. The van der Waals surface area contributed by atoms with Gasteiger partial charge in [0.05, 0.1) is 6.04 Å². The molecule has 2 atom stereocenters. The van der Waals surface area contributed by atoms with E-state index in [-0.39, 0.29) is 6.04 Å². The van der Waals surface area contributed by atoms with Crippen LogP contribution in [0.1, 0.15) is 24.4 Å². The van der Waals surface area contributed by atoms with E-state index in [1.165, 1.54) is 5.56 Å². The Balaban J connectivity index is 2.60. The number of benzene rings is 1. The van der Waals surface area contributed by atoms with Gasteiger partial charge in [-0.1, -0.05) is 36.4 Å². The van der Waals surface area contributed by atoms with Crippen molar-refractivity contribution in [1.82, 2.24) is 5.32 Å². The molecule has 4 nitrogen and oxygen atoms in total. The SMILES string of the molecule is C=CC(NCCC(CCN)[Si](C)(OC)OC)c1ccccc1. The molecule has 0 bridgehead atoms. The Morgan fingerprint density at radius 3 is 2.36 bits per heavy atom. The maximum atomic E-state index is 5.76. The Kier molecular flexibility index (Phi) is 8.59. The van der Waals surface area contributed by atoms with Gasteiger partial charge < -0.3 is 19.9 Å². The smallest absolute Gasteiger partial charge is 0.337 e. The maximum Gasteiger partial charge on any atom is 0.337 e. The summed E-state index contributed by atoms with van der Waals surface area (Å²) in [6.45, 7) is 7.57. The van der Waals surface area contributed by atoms with Crippen molar-refractivity contribution in [2.75, 3.05) is 27.3 Å². The standard InChI is InChI=1S/C17H30N2O2Si/c1-5-17(15-9-7-6-8-10-15)19-14-12-16(11-13-18)22(4,20-2)21-3/h5-10,16-17,19H,1,11-14,18H2,2-4H3. The number of hydrogen-bond donors (Lipinski definition) is 2. The molecule has 5 heteroatoms. The fraction of sp³-hybridized carbons (Fsp3) is 0.529. The van der Waals surface area contributed by atoms with Gasteiger partial charge in [0.1, 0.15) is 0 Å². The van der Waals surface area contributed by atoms with Gasteiger partial charge in [-0.2, -0.15) is 0 Å². The second kappa shape index (κ2) is 9.92. The fourth-order valence-electron chi connectivity index (χ4n) is 2.70. The molecule has 0 aliphatic rings. The van der Waals surface area contributed by atoms with Crippen LogP contribution in [-0.2, 0) is 8.85 Å². The summed E-state index contributed by atoms with van der Waals surface area (Å²) in [5.74, 6) is 0. The fourth-order valence-corrected chi connectivity index (χ4v) is 4.89. The largest absolute Gasteiger partial charge is 0.398 e. The Hall–Kier alpha value is -0.983. The summed E-state index contributed by atoms with van der Waals surface area (Å²) in [6, 6.07) is 10.5. The molecule has 0 fully saturated rings. The Morgan fingerprint density at radius 2 is 1.86 bits per heavy atom. The van der Waals surface area contributed by atoms with Gasteiger partial charge >= 0.3 is 8.56 Å². The minimum Gasteiger partial charge on any atom is -0.398 e. The van der Waals surface area contributed by atoms with Crippen LogP contribution >= 0.6 is 0 Å². The van der Waals surface area contributed by atoms with Crippen molar-refractivity contribution in [1.29, 1.82) is 0 Å². The van der Waals surface area contributed by atoms with Crippen LogP contribution in [-0.4, -0.2) is 35.9 Å². The van der Waals surface area contributed by atoms with Crippen LogP contribution in [0.5, 0.6) is 0 Å². The highest BCUT2D eigenvalue weighted by molar-refractivity contribution is 6.67. The molecule has 1 rings (SSSR count). The average Bonchev–Trinajstić information content (AvgIpc) is 2.57. The lowest BCUT2D eigenvalue weighted by atomic mass is 10.1. The Bertz CT molecular complexity index is 424. The van der Waals surface area contributed by atoms with E-state index in [0.29, 0.717) is 12.1 Å². The minimum atomic E-state index is -2.16. The lowest BCUT2D eigenvalue weighted by molar-refractivity contribution is 0.231. The van der Waals surface area contributed by atoms with Crippen molar-refractivity contribution >= 4 is 8.56 Å². The molecule has 0 saturated heterocycles. The van der Waals surface area contributed by atoms with E-state index in [9.17, 15) is 0 Å². The molecule has 0 aliphatic heterocycles. The van der Waals surface area contributed by atoms with E-state index in [1.54, 1.807) is 14.2 Å². The first-order valence-electron chi connectivity index (χ1n) is 7.82. The molecule has 124 valence electrons. The second-order valence-electron chi connectivity index (χ2n) is 5.57. The average molecular weight is 323 g/mol. The van der Waals surface area contributed by atoms with Crippen molar-refractivity contribution in [3.05, 3.63) is 48.6 Å². The molecule has 22 heavy (non-hydrogen) atoms. The molecule has 0 radical (unpaired) electrons. The van der Waals surface area contributed by atoms with Gasteiger partial charge in [-0.15, -0.1) is 6.58 Å². The van der Waals surface area contributed by atoms with Crippen molar-refractivity contribution in [3.8, 4) is 0 Å². The zero-order valence-corrected chi connectivity index (χ0v) is 15.0. The summed E-state index contributed by atoms with van der Waals surface area (Å²) >= 11 is 0. The zero-order valence-electron chi connectivity index (χ0n) is 14.0. The summed E-state index contributed by atoms with van der Waals surface area (Å²) < 4.78 is 11.4. The molecule has 0 aliphatic carbocycles. The topological polar surface area (TPSA) is 56.5 Å². The molecule has 0 amide bonds. The normalized spacial score (nSPS) is 14.5. The van der Waals surface area contributed by atoms with Crippen molar-refractivity contribution in [3.63, 3.8) is 0 Å². The van der Waals surface area contributed by atoms with Crippen molar-refractivity contribution in [2.24, 2.45) is 5.73 Å². The summed E-state index contributed by atoms with van der Waals surface area (Å²) in [6.07, 6.45) is 3.85. The number of nitrogens with two attached hydrogens (primary N) is 1.